The maximum Gasteiger partial charge on any atom is 4.00 e. The zero-order valence-electron chi connectivity index (χ0n) is 33.2. The molecular formula is C52H53BNZr2+4. The molecule has 4 aliphatic rings. The van der Waals surface area contributed by atoms with Crippen LogP contribution in [0.5, 0.6) is 0 Å². The molecule has 4 aromatic carbocycles. The Labute approximate surface area is 384 Å². The van der Waals surface area contributed by atoms with Gasteiger partial charge in [-0.15, -0.1) is 0 Å². The third-order valence-corrected chi connectivity index (χ3v) is 7.81. The second kappa shape index (κ2) is 34.9. The first-order chi connectivity index (χ1) is 26.4. The van der Waals surface area contributed by atoms with Gasteiger partial charge in [0.1, 0.15) is 6.15 Å². The fraction of sp³-hybridized carbons (Fsp3) is 0.0962. The maximum atomic E-state index is 5.96. The Balaban J connectivity index is 0.000000788. The molecular weight excluding hydrogens is 832 g/mol. The summed E-state index contributed by atoms with van der Waals surface area (Å²) in [6.45, 7) is 12.3. The van der Waals surface area contributed by atoms with Crippen molar-refractivity contribution in [1.29, 1.82) is 0 Å². The Kier molecular flexibility index (Phi) is 33.7. The average molecular weight is 885 g/mol. The fourth-order valence-electron chi connectivity index (χ4n) is 5.40. The molecule has 273 valence electrons. The van der Waals surface area contributed by atoms with Gasteiger partial charge in [0.25, 0.3) is 0 Å². The summed E-state index contributed by atoms with van der Waals surface area (Å²) in [5.41, 5.74) is 5.30. The first kappa shape index (κ1) is 53.9. The van der Waals surface area contributed by atoms with Gasteiger partial charge in [0.15, 0.2) is 0 Å². The van der Waals surface area contributed by atoms with E-state index in [4.69, 9.17) is 13.1 Å². The molecule has 0 aliphatic heterocycles. The Morgan fingerprint density at radius 2 is 0.536 bits per heavy atom. The summed E-state index contributed by atoms with van der Waals surface area (Å²) in [4.78, 5) is 3.52. The fourth-order valence-corrected chi connectivity index (χ4v) is 5.40. The largest absolute Gasteiger partial charge is 4.00 e. The number of hydrogen-bond acceptors (Lipinski definition) is 1. The second-order valence-electron chi connectivity index (χ2n) is 12.9. The Bertz CT molecular complexity index is 1230. The standard InChI is InChI=1S/C24H20B.C5H10N.4C5H5.C3H3.2Zr/c1-5-13-21(14-6-1)25(22-15-7-2-8-16-22,23-17-9-3-10-18-23)24-19-11-4-12-20-24;1-5(2,3)6-4;4*1-2-4-5-3-1;1-3-2;;/h1-20H;4H,1-3H3;4*1-5H;1H3;;/q2*-1;;;;;-1;+3;+4. The van der Waals surface area contributed by atoms with Crippen molar-refractivity contribution in [3.05, 3.63) is 256 Å². The van der Waals surface area contributed by atoms with E-state index in [1.165, 1.54) is 21.9 Å². The third-order valence-electron chi connectivity index (χ3n) is 7.81. The van der Waals surface area contributed by atoms with Gasteiger partial charge in [0.05, 0.1) is 0 Å². The number of benzene rings is 4. The SMILES string of the molecule is [C-]#CC.[CH-]=NC(C)(C)C.[CH]1[CH][CH][CH][CH]1.[CH]1[CH][CH][CH][CH]1.[CH]1[CH][CH][CH][CH]1.[CH]1[CH][CH][CH][CH]1.[Zr+3].[Zr+4].c1ccc([B-](c2ccccc2)(c2ccccc2)c2ccccc2)cc1. The van der Waals surface area contributed by atoms with Crippen LogP contribution in [0.25, 0.3) is 0 Å². The van der Waals surface area contributed by atoms with Crippen LogP contribution in [0.15, 0.2) is 126 Å². The summed E-state index contributed by atoms with van der Waals surface area (Å²) in [7, 11) is 0. The maximum absolute atomic E-state index is 5.96. The van der Waals surface area contributed by atoms with Crippen molar-refractivity contribution in [1.82, 2.24) is 0 Å². The van der Waals surface area contributed by atoms with Crippen molar-refractivity contribution in [3.63, 3.8) is 0 Å². The van der Waals surface area contributed by atoms with E-state index in [0.29, 0.717) is 0 Å². The van der Waals surface area contributed by atoms with E-state index in [9.17, 15) is 0 Å². The molecule has 4 heteroatoms. The van der Waals surface area contributed by atoms with Crippen LogP contribution in [-0.2, 0) is 52.4 Å². The average Bonchev–Trinajstić information content (AvgIpc) is 4.08. The molecule has 56 heavy (non-hydrogen) atoms. The van der Waals surface area contributed by atoms with E-state index < -0.39 is 6.15 Å². The topological polar surface area (TPSA) is 12.4 Å². The number of nitrogens with zero attached hydrogens (tertiary/aromatic N) is 1. The molecule has 0 aromatic heterocycles. The van der Waals surface area contributed by atoms with Crippen LogP contribution in [0.4, 0.5) is 0 Å². The molecule has 0 unspecified atom stereocenters. The van der Waals surface area contributed by atoms with E-state index in [1.54, 1.807) is 6.92 Å². The molecule has 4 aromatic rings. The van der Waals surface area contributed by atoms with E-state index in [2.05, 4.69) is 126 Å². The van der Waals surface area contributed by atoms with E-state index in [0.717, 1.165) is 0 Å². The normalized spacial score (nSPS) is 14.9. The monoisotopic (exact) mass is 882 g/mol. The third kappa shape index (κ3) is 22.8. The Morgan fingerprint density at radius 1 is 0.411 bits per heavy atom. The minimum absolute atomic E-state index is 0. The van der Waals surface area contributed by atoms with Gasteiger partial charge in [0.2, 0.25) is 0 Å². The smallest absolute Gasteiger partial charge is 0.694 e. The molecule has 8 rings (SSSR count). The predicted octanol–water partition coefficient (Wildman–Crippen LogP) is 9.10. The van der Waals surface area contributed by atoms with E-state index in [1.807, 2.05) is 155 Å². The molecule has 21 radical (unpaired) electrons. The van der Waals surface area contributed by atoms with Gasteiger partial charge in [0, 0.05) is 5.54 Å². The summed E-state index contributed by atoms with van der Waals surface area (Å²) >= 11 is 0. The van der Waals surface area contributed by atoms with Crippen LogP contribution in [-0.4, -0.2) is 18.4 Å². The van der Waals surface area contributed by atoms with Gasteiger partial charge in [-0.2, -0.15) is 21.9 Å². The van der Waals surface area contributed by atoms with Crippen LogP contribution in [0.2, 0.25) is 0 Å². The first-order valence-electron chi connectivity index (χ1n) is 18.2. The van der Waals surface area contributed by atoms with Gasteiger partial charge in [-0.3, -0.25) is 0 Å². The second-order valence-corrected chi connectivity index (χ2v) is 12.9. The van der Waals surface area contributed by atoms with Gasteiger partial charge in [-0.1, -0.05) is 121 Å². The van der Waals surface area contributed by atoms with Crippen LogP contribution in [0, 0.1) is 141 Å². The van der Waals surface area contributed by atoms with E-state index >= 15 is 0 Å². The van der Waals surface area contributed by atoms with Crippen LogP contribution in [0.3, 0.4) is 0 Å². The van der Waals surface area contributed by atoms with Crippen LogP contribution in [0.1, 0.15) is 27.7 Å². The molecule has 4 fully saturated rings. The van der Waals surface area contributed by atoms with Crippen LogP contribution >= 0.6 is 0 Å². The predicted molar refractivity (Wildman–Crippen MR) is 237 cm³/mol. The number of aliphatic imine (C=N–C) groups is 1. The van der Waals surface area contributed by atoms with Gasteiger partial charge in [-0.25, -0.2) is 0 Å². The van der Waals surface area contributed by atoms with Crippen molar-refractivity contribution < 1.29 is 52.4 Å². The van der Waals surface area contributed by atoms with Gasteiger partial charge < -0.3 is 24.1 Å². The van der Waals surface area contributed by atoms with Crippen LogP contribution < -0.4 is 21.9 Å². The molecule has 0 spiro atoms. The molecule has 4 aliphatic carbocycles. The number of hydrogen-bond donors (Lipinski definition) is 0. The van der Waals surface area contributed by atoms with Crippen molar-refractivity contribution in [3.8, 4) is 5.92 Å². The van der Waals surface area contributed by atoms with Crippen molar-refractivity contribution in [2.24, 2.45) is 4.99 Å². The number of rotatable bonds is 4. The van der Waals surface area contributed by atoms with E-state index in [-0.39, 0.29) is 57.9 Å². The minimum atomic E-state index is -1.22. The summed E-state index contributed by atoms with van der Waals surface area (Å²) in [5.74, 6) is 2.00. The molecule has 0 heterocycles. The molecule has 0 bridgehead atoms. The Morgan fingerprint density at radius 3 is 0.643 bits per heavy atom. The molecule has 0 N–H and O–H groups in total. The Hall–Kier alpha value is -2.06. The summed E-state index contributed by atoms with van der Waals surface area (Å²) < 4.78 is 0. The quantitative estimate of drug-likeness (QED) is 0.0841. The van der Waals surface area contributed by atoms with Gasteiger partial charge in [-0.05, 0) is 156 Å². The van der Waals surface area contributed by atoms with Crippen molar-refractivity contribution in [2.75, 3.05) is 0 Å². The summed E-state index contributed by atoms with van der Waals surface area (Å²) in [5, 5.41) is 0. The molecule has 0 atom stereocenters. The molecule has 1 nitrogen and oxygen atoms in total. The molecule has 4 saturated carbocycles. The molecule has 0 amide bonds. The van der Waals surface area contributed by atoms with Crippen molar-refractivity contribution >= 4 is 34.7 Å². The minimum Gasteiger partial charge on any atom is -0.694 e. The zero-order valence-corrected chi connectivity index (χ0v) is 38.1. The zero-order chi connectivity index (χ0) is 39.0. The van der Waals surface area contributed by atoms with Crippen molar-refractivity contribution in [2.45, 2.75) is 33.2 Å². The summed E-state index contributed by atoms with van der Waals surface area (Å²) in [6.07, 6.45) is 44.7. The molecule has 0 saturated heterocycles. The first-order valence-corrected chi connectivity index (χ1v) is 18.2. The summed E-state index contributed by atoms with van der Waals surface area (Å²) in [6, 6.07) is 43.5. The van der Waals surface area contributed by atoms with Gasteiger partial charge >= 0.3 is 52.4 Å².